The highest BCUT2D eigenvalue weighted by atomic mass is 16.5. The van der Waals surface area contributed by atoms with Crippen molar-refractivity contribution >= 4 is 11.8 Å². The standard InChI is InChI=1S/C25H29N3O4/c1-5-12-28(14-19-6-11-22(17(2)13-19)32-15-23(29)30)25-18(3)24(26-16-27-25)20-7-9-21(31-4)10-8-20/h6-11,13,16H,5,12,14-15H2,1-4H3,(H,29,30)/p-1. The molecule has 0 saturated heterocycles. The van der Waals surface area contributed by atoms with Crippen LogP contribution in [0.4, 0.5) is 5.82 Å². The molecule has 2 aromatic carbocycles. The lowest BCUT2D eigenvalue weighted by atomic mass is 10.1. The number of hydrogen-bond acceptors (Lipinski definition) is 7. The molecule has 3 aromatic rings. The molecule has 0 N–H and O–H groups in total. The second-order valence-electron chi connectivity index (χ2n) is 7.58. The molecule has 0 aliphatic heterocycles. The first-order chi connectivity index (χ1) is 15.4. The largest absolute Gasteiger partial charge is 0.546 e. The van der Waals surface area contributed by atoms with Crippen molar-refractivity contribution in [2.45, 2.75) is 33.7 Å². The Balaban J connectivity index is 1.87. The van der Waals surface area contributed by atoms with Gasteiger partial charge < -0.3 is 24.3 Å². The van der Waals surface area contributed by atoms with Crippen molar-refractivity contribution in [2.24, 2.45) is 0 Å². The van der Waals surface area contributed by atoms with Gasteiger partial charge in [-0.1, -0.05) is 19.1 Å². The van der Waals surface area contributed by atoms with E-state index in [2.05, 4.69) is 21.8 Å². The van der Waals surface area contributed by atoms with Crippen LogP contribution in [0.15, 0.2) is 48.8 Å². The van der Waals surface area contributed by atoms with Gasteiger partial charge in [0.1, 0.15) is 30.3 Å². The van der Waals surface area contributed by atoms with Crippen molar-refractivity contribution in [2.75, 3.05) is 25.2 Å². The summed E-state index contributed by atoms with van der Waals surface area (Å²) >= 11 is 0. The van der Waals surface area contributed by atoms with Gasteiger partial charge in [0.15, 0.2) is 0 Å². The predicted octanol–water partition coefficient (Wildman–Crippen LogP) is 3.31. The Hall–Kier alpha value is -3.61. The first-order valence-corrected chi connectivity index (χ1v) is 10.6. The number of carboxylic acid groups (broad SMARTS) is 1. The molecule has 0 aliphatic carbocycles. The van der Waals surface area contributed by atoms with Gasteiger partial charge in [-0.15, -0.1) is 0 Å². The maximum Gasteiger partial charge on any atom is 0.135 e. The van der Waals surface area contributed by atoms with Crippen LogP contribution in [0, 0.1) is 13.8 Å². The monoisotopic (exact) mass is 434 g/mol. The first kappa shape index (κ1) is 23.1. The van der Waals surface area contributed by atoms with Gasteiger partial charge in [0.2, 0.25) is 0 Å². The molecule has 0 aliphatic rings. The van der Waals surface area contributed by atoms with Crippen molar-refractivity contribution < 1.29 is 19.4 Å². The summed E-state index contributed by atoms with van der Waals surface area (Å²) in [6, 6.07) is 13.6. The summed E-state index contributed by atoms with van der Waals surface area (Å²) in [4.78, 5) is 22.0. The maximum absolute atomic E-state index is 10.7. The molecule has 168 valence electrons. The normalized spacial score (nSPS) is 10.6. The van der Waals surface area contributed by atoms with Crippen LogP contribution < -0.4 is 19.5 Å². The Morgan fingerprint density at radius 2 is 1.84 bits per heavy atom. The zero-order valence-electron chi connectivity index (χ0n) is 18.9. The smallest absolute Gasteiger partial charge is 0.135 e. The molecule has 0 fully saturated rings. The topological polar surface area (TPSA) is 87.6 Å². The quantitative estimate of drug-likeness (QED) is 0.484. The molecule has 0 atom stereocenters. The molecule has 0 spiro atoms. The number of carboxylic acids is 1. The van der Waals surface area contributed by atoms with Crippen LogP contribution in [-0.2, 0) is 11.3 Å². The summed E-state index contributed by atoms with van der Waals surface area (Å²) < 4.78 is 10.5. The molecular formula is C25H28N3O4-. The van der Waals surface area contributed by atoms with Gasteiger partial charge in [-0.2, -0.15) is 0 Å². The van der Waals surface area contributed by atoms with Crippen LogP contribution in [0.1, 0.15) is 30.0 Å². The number of methoxy groups -OCH3 is 1. The van der Waals surface area contributed by atoms with E-state index in [4.69, 9.17) is 9.47 Å². The van der Waals surface area contributed by atoms with Crippen LogP contribution >= 0.6 is 0 Å². The van der Waals surface area contributed by atoms with Crippen LogP contribution in [-0.4, -0.2) is 36.2 Å². The number of aliphatic carboxylic acids is 1. The van der Waals surface area contributed by atoms with E-state index in [0.29, 0.717) is 12.3 Å². The molecule has 7 heteroatoms. The van der Waals surface area contributed by atoms with E-state index in [1.165, 1.54) is 0 Å². The number of nitrogens with zero attached hydrogens (tertiary/aromatic N) is 3. The Bertz CT molecular complexity index is 1070. The van der Waals surface area contributed by atoms with E-state index in [0.717, 1.165) is 52.5 Å². The van der Waals surface area contributed by atoms with Crippen LogP contribution in [0.2, 0.25) is 0 Å². The summed E-state index contributed by atoms with van der Waals surface area (Å²) in [6.07, 6.45) is 2.57. The highest BCUT2D eigenvalue weighted by molar-refractivity contribution is 5.69. The van der Waals surface area contributed by atoms with Gasteiger partial charge in [0.25, 0.3) is 0 Å². The molecule has 0 saturated carbocycles. The number of hydrogen-bond donors (Lipinski definition) is 0. The third kappa shape index (κ3) is 5.55. The Morgan fingerprint density at radius 1 is 1.09 bits per heavy atom. The average Bonchev–Trinajstić information content (AvgIpc) is 2.78. The molecule has 0 bridgehead atoms. The lowest BCUT2D eigenvalue weighted by molar-refractivity contribution is -0.307. The summed E-state index contributed by atoms with van der Waals surface area (Å²) in [5.74, 6) is 0.993. The fraction of sp³-hybridized carbons (Fsp3) is 0.320. The van der Waals surface area contributed by atoms with E-state index < -0.39 is 12.6 Å². The Labute approximate surface area is 188 Å². The van der Waals surface area contributed by atoms with Crippen LogP contribution in [0.5, 0.6) is 11.5 Å². The summed E-state index contributed by atoms with van der Waals surface area (Å²) in [7, 11) is 1.65. The minimum atomic E-state index is -1.24. The Kier molecular flexibility index (Phi) is 7.65. The van der Waals surface area contributed by atoms with Crippen LogP contribution in [0.3, 0.4) is 0 Å². The summed E-state index contributed by atoms with van der Waals surface area (Å²) in [5, 5.41) is 10.7. The maximum atomic E-state index is 10.7. The molecule has 0 amide bonds. The molecule has 0 unspecified atom stereocenters. The minimum absolute atomic E-state index is 0.462. The molecule has 3 rings (SSSR count). The molecule has 0 radical (unpaired) electrons. The minimum Gasteiger partial charge on any atom is -0.546 e. The third-order valence-electron chi connectivity index (χ3n) is 5.17. The fourth-order valence-electron chi connectivity index (χ4n) is 3.66. The number of carbonyl (C=O) groups excluding carboxylic acids is 1. The van der Waals surface area contributed by atoms with Crippen molar-refractivity contribution in [3.05, 3.63) is 65.5 Å². The van der Waals surface area contributed by atoms with Gasteiger partial charge in [0, 0.05) is 24.2 Å². The lowest BCUT2D eigenvalue weighted by Crippen LogP contribution is -2.29. The van der Waals surface area contributed by atoms with E-state index in [9.17, 15) is 9.90 Å². The number of aryl methyl sites for hydroxylation is 1. The van der Waals surface area contributed by atoms with E-state index >= 15 is 0 Å². The number of carbonyl (C=O) groups is 1. The summed E-state index contributed by atoms with van der Waals surface area (Å²) in [5.41, 5.74) is 4.87. The number of aromatic nitrogens is 2. The SMILES string of the molecule is CCCN(Cc1ccc(OCC(=O)[O-])c(C)c1)c1ncnc(-c2ccc(OC)cc2)c1C. The number of anilines is 1. The van der Waals surface area contributed by atoms with Crippen molar-refractivity contribution in [1.29, 1.82) is 0 Å². The summed E-state index contributed by atoms with van der Waals surface area (Å²) in [6.45, 7) is 7.11. The average molecular weight is 435 g/mol. The van der Waals surface area contributed by atoms with Gasteiger partial charge in [-0.3, -0.25) is 0 Å². The second kappa shape index (κ2) is 10.6. The molecule has 32 heavy (non-hydrogen) atoms. The zero-order chi connectivity index (χ0) is 23.1. The predicted molar refractivity (Wildman–Crippen MR) is 122 cm³/mol. The van der Waals surface area contributed by atoms with E-state index in [1.54, 1.807) is 19.5 Å². The number of benzene rings is 2. The van der Waals surface area contributed by atoms with Crippen LogP contribution in [0.25, 0.3) is 11.3 Å². The Morgan fingerprint density at radius 3 is 2.47 bits per heavy atom. The van der Waals surface area contributed by atoms with Gasteiger partial charge >= 0.3 is 0 Å². The first-order valence-electron chi connectivity index (χ1n) is 10.6. The van der Waals surface area contributed by atoms with Crippen molar-refractivity contribution in [3.8, 4) is 22.8 Å². The lowest BCUT2D eigenvalue weighted by Gasteiger charge is -2.26. The van der Waals surface area contributed by atoms with E-state index in [-0.39, 0.29) is 0 Å². The van der Waals surface area contributed by atoms with Gasteiger partial charge in [-0.25, -0.2) is 9.97 Å². The van der Waals surface area contributed by atoms with Crippen molar-refractivity contribution in [3.63, 3.8) is 0 Å². The molecule has 1 heterocycles. The molecule has 1 aromatic heterocycles. The molecule has 7 nitrogen and oxygen atoms in total. The van der Waals surface area contributed by atoms with Gasteiger partial charge in [-0.05, 0) is 61.7 Å². The number of ether oxygens (including phenoxy) is 2. The van der Waals surface area contributed by atoms with Crippen molar-refractivity contribution in [1.82, 2.24) is 9.97 Å². The van der Waals surface area contributed by atoms with E-state index in [1.807, 2.05) is 50.2 Å². The van der Waals surface area contributed by atoms with Gasteiger partial charge in [0.05, 0.1) is 18.8 Å². The zero-order valence-corrected chi connectivity index (χ0v) is 18.9. The highest BCUT2D eigenvalue weighted by Gasteiger charge is 2.16. The molecular weight excluding hydrogens is 406 g/mol. The second-order valence-corrected chi connectivity index (χ2v) is 7.58. The highest BCUT2D eigenvalue weighted by Crippen LogP contribution is 2.29. The third-order valence-corrected chi connectivity index (χ3v) is 5.17. The fourth-order valence-corrected chi connectivity index (χ4v) is 3.66. The number of rotatable bonds is 10.